The Kier molecular flexibility index (Phi) is 8.34. The molecule has 8 nitrogen and oxygen atoms in total. The number of amides is 2. The number of benzene rings is 3. The van der Waals surface area contributed by atoms with Crippen LogP contribution in [0.3, 0.4) is 0 Å². The summed E-state index contributed by atoms with van der Waals surface area (Å²) >= 11 is 6.25. The van der Waals surface area contributed by atoms with E-state index in [0.717, 1.165) is 12.1 Å². The molecule has 0 aliphatic heterocycles. The van der Waals surface area contributed by atoms with E-state index in [1.165, 1.54) is 36.7 Å². The predicted octanol–water partition coefficient (Wildman–Crippen LogP) is 7.92. The summed E-state index contributed by atoms with van der Waals surface area (Å²) < 4.78 is 58.8. The third kappa shape index (κ3) is 7.40. The van der Waals surface area contributed by atoms with Crippen LogP contribution in [-0.4, -0.2) is 32.7 Å². The van der Waals surface area contributed by atoms with Crippen LogP contribution in [0.5, 0.6) is 0 Å². The van der Waals surface area contributed by atoms with E-state index in [-0.39, 0.29) is 38.5 Å². The van der Waals surface area contributed by atoms with Crippen molar-refractivity contribution in [2.24, 2.45) is 0 Å². The number of nitrogens with zero attached hydrogens (tertiary/aromatic N) is 3. The second-order valence-electron chi connectivity index (χ2n) is 9.90. The molecule has 3 aromatic carbocycles. The maximum atomic E-state index is 14.4. The summed E-state index contributed by atoms with van der Waals surface area (Å²) in [6.07, 6.45) is -4.49. The Morgan fingerprint density at radius 1 is 1.00 bits per heavy atom. The highest BCUT2D eigenvalue weighted by molar-refractivity contribution is 6.34. The molecule has 1 heterocycles. The van der Waals surface area contributed by atoms with Gasteiger partial charge in [0.05, 0.1) is 33.9 Å². The molecule has 0 aliphatic rings. The summed E-state index contributed by atoms with van der Waals surface area (Å²) in [5, 5.41) is 5.96. The lowest BCUT2D eigenvalue weighted by atomic mass is 10.1. The van der Waals surface area contributed by atoms with Crippen LogP contribution < -0.4 is 10.6 Å². The van der Waals surface area contributed by atoms with Crippen LogP contribution >= 0.6 is 11.6 Å². The van der Waals surface area contributed by atoms with Crippen molar-refractivity contribution < 1.29 is 32.0 Å². The van der Waals surface area contributed by atoms with Gasteiger partial charge in [0.25, 0.3) is 5.91 Å². The first-order chi connectivity index (χ1) is 19.2. The zero-order valence-electron chi connectivity index (χ0n) is 22.0. The zero-order valence-corrected chi connectivity index (χ0v) is 22.8. The van der Waals surface area contributed by atoms with Gasteiger partial charge in [-0.05, 0) is 68.8 Å². The molecule has 0 saturated carbocycles. The molecule has 0 saturated heterocycles. The van der Waals surface area contributed by atoms with Gasteiger partial charge in [0, 0.05) is 11.1 Å². The molecule has 4 aromatic rings. The molecule has 4 rings (SSSR count). The number of fused-ring (bicyclic) bond motifs is 1. The lowest BCUT2D eigenvalue weighted by Crippen LogP contribution is -2.31. The molecule has 2 N–H and O–H groups in total. The molecule has 41 heavy (non-hydrogen) atoms. The molecular weight excluding hydrogens is 566 g/mol. The van der Waals surface area contributed by atoms with E-state index in [2.05, 4.69) is 20.6 Å². The second-order valence-corrected chi connectivity index (χ2v) is 10.3. The molecule has 0 bridgehead atoms. The Hall–Kier alpha value is -4.45. The summed E-state index contributed by atoms with van der Waals surface area (Å²) in [5.74, 6) is -0.423. The molecule has 1 aromatic heterocycles. The minimum Gasteiger partial charge on any atom is -0.442 e. The lowest BCUT2D eigenvalue weighted by molar-refractivity contribution is -0.137. The fourth-order valence-corrected chi connectivity index (χ4v) is 3.97. The van der Waals surface area contributed by atoms with E-state index in [1.807, 2.05) is 0 Å². The molecule has 0 atom stereocenters. The fraction of sp³-hybridized carbons (Fsp3) is 0.214. The number of hydrogen-bond donors (Lipinski definition) is 2. The number of halogens is 5. The minimum absolute atomic E-state index is 0.00938. The molecule has 13 heteroatoms. The number of hydrogen-bond acceptors (Lipinski definition) is 6. The quantitative estimate of drug-likeness (QED) is 0.175. The Morgan fingerprint density at radius 3 is 2.44 bits per heavy atom. The average Bonchev–Trinajstić information content (AvgIpc) is 2.89. The number of carbonyl (C=O) groups is 2. The summed E-state index contributed by atoms with van der Waals surface area (Å²) in [6, 6.07) is 13.7. The number of ether oxygens (including phenoxy) is 1. The molecule has 2 amide bonds. The molecule has 0 aliphatic carbocycles. The number of aromatic nitrogens is 2. The van der Waals surface area contributed by atoms with Crippen molar-refractivity contribution in [3.63, 3.8) is 0 Å². The predicted molar refractivity (Wildman–Crippen MR) is 147 cm³/mol. The van der Waals surface area contributed by atoms with Gasteiger partial charge in [0.2, 0.25) is 0 Å². The van der Waals surface area contributed by atoms with Gasteiger partial charge < -0.3 is 15.4 Å². The van der Waals surface area contributed by atoms with E-state index in [1.54, 1.807) is 39.0 Å². The van der Waals surface area contributed by atoms with E-state index in [4.69, 9.17) is 16.3 Å². The number of para-hydroxylation sites is 1. The highest BCUT2D eigenvalue weighted by Crippen LogP contribution is 2.33. The fourth-order valence-electron chi connectivity index (χ4n) is 3.77. The van der Waals surface area contributed by atoms with Gasteiger partial charge in [-0.2, -0.15) is 13.2 Å². The number of alkyl halides is 3. The Labute approximate surface area is 237 Å². The minimum atomic E-state index is -4.51. The van der Waals surface area contributed by atoms with Gasteiger partial charge >= 0.3 is 12.3 Å². The van der Waals surface area contributed by atoms with Crippen LogP contribution in [0.4, 0.5) is 39.6 Å². The number of nitrogens with one attached hydrogen (secondary N) is 2. The summed E-state index contributed by atoms with van der Waals surface area (Å²) in [5.41, 5.74) is -0.699. The number of anilines is 3. The molecular formula is C28H24ClF4N5O3. The first-order valence-corrected chi connectivity index (χ1v) is 12.5. The molecule has 0 fully saturated rings. The Morgan fingerprint density at radius 2 is 1.73 bits per heavy atom. The van der Waals surface area contributed by atoms with Crippen molar-refractivity contribution in [3.05, 3.63) is 88.7 Å². The summed E-state index contributed by atoms with van der Waals surface area (Å²) in [4.78, 5) is 33.5. The van der Waals surface area contributed by atoms with Crippen LogP contribution in [0.15, 0.2) is 67.0 Å². The van der Waals surface area contributed by atoms with Crippen molar-refractivity contribution in [1.82, 2.24) is 15.1 Å². The first kappa shape index (κ1) is 29.5. The van der Waals surface area contributed by atoms with Gasteiger partial charge in [-0.1, -0.05) is 34.3 Å². The smallest absolute Gasteiger partial charge is 0.438 e. The van der Waals surface area contributed by atoms with Crippen molar-refractivity contribution in [2.45, 2.75) is 39.1 Å². The van der Waals surface area contributed by atoms with Gasteiger partial charge in [-0.3, -0.25) is 4.79 Å². The van der Waals surface area contributed by atoms with Crippen LogP contribution in [0.25, 0.3) is 10.9 Å². The van der Waals surface area contributed by atoms with Gasteiger partial charge in [0.15, 0.2) is 0 Å². The topological polar surface area (TPSA) is 96.5 Å². The van der Waals surface area contributed by atoms with Crippen molar-refractivity contribution in [3.8, 4) is 0 Å². The molecule has 214 valence electrons. The van der Waals surface area contributed by atoms with Crippen LogP contribution in [0, 0.1) is 0 Å². The van der Waals surface area contributed by atoms with Gasteiger partial charge in [0.1, 0.15) is 17.7 Å². The van der Waals surface area contributed by atoms with Gasteiger partial charge in [-0.25, -0.2) is 14.8 Å². The second kappa shape index (κ2) is 11.6. The van der Waals surface area contributed by atoms with E-state index in [9.17, 15) is 27.2 Å². The zero-order chi connectivity index (χ0) is 29.9. The van der Waals surface area contributed by atoms with Gasteiger partial charge in [-0.15, -0.1) is 5.12 Å². The highest BCUT2D eigenvalue weighted by atomic mass is 35.5. The molecule has 0 radical (unpaired) electrons. The van der Waals surface area contributed by atoms with Crippen LogP contribution in [0.1, 0.15) is 42.3 Å². The first-order valence-electron chi connectivity index (χ1n) is 12.2. The largest absolute Gasteiger partial charge is 0.442 e. The maximum absolute atomic E-state index is 14.4. The highest BCUT2D eigenvalue weighted by Gasteiger charge is 2.30. The molecule has 0 spiro atoms. The Bertz CT molecular complexity index is 1610. The standard InChI is InChI=1S/C28H24ClF4N5O3/c1-27(2,3)41-26(40)38(33)14-16-10-11-21(29)20(12-16)25(39)37-22-9-5-8-19-23(22)34-15-35-24(19)36-18-7-4-6-17(13-18)28(30,31)32/h4-13,15H,14H2,1-3H3,(H,37,39)(H,34,35,36). The SMILES string of the molecule is CC(C)(C)OC(=O)N(F)Cc1ccc(Cl)c(C(=O)Nc2cccc3c(Nc4cccc(C(F)(F)F)c4)ncnc23)c1. The van der Waals surface area contributed by atoms with E-state index in [0.29, 0.717) is 10.9 Å². The maximum Gasteiger partial charge on any atom is 0.438 e. The molecule has 0 unspecified atom stereocenters. The van der Waals surface area contributed by atoms with E-state index < -0.39 is 35.9 Å². The van der Waals surface area contributed by atoms with Crippen molar-refractivity contribution in [2.75, 3.05) is 10.6 Å². The lowest BCUT2D eigenvalue weighted by Gasteiger charge is -2.22. The third-order valence-corrected chi connectivity index (χ3v) is 5.88. The monoisotopic (exact) mass is 589 g/mol. The summed E-state index contributed by atoms with van der Waals surface area (Å²) in [7, 11) is 0. The van der Waals surface area contributed by atoms with Crippen molar-refractivity contribution >= 4 is 51.7 Å². The normalized spacial score (nSPS) is 11.7. The summed E-state index contributed by atoms with van der Waals surface area (Å²) in [6.45, 7) is 4.32. The van der Waals surface area contributed by atoms with Crippen molar-refractivity contribution in [1.29, 1.82) is 0 Å². The van der Waals surface area contributed by atoms with Crippen LogP contribution in [-0.2, 0) is 17.5 Å². The number of carbonyl (C=O) groups excluding carboxylic acids is 2. The van der Waals surface area contributed by atoms with Crippen LogP contribution in [0.2, 0.25) is 5.02 Å². The Balaban J connectivity index is 1.57. The number of rotatable bonds is 6. The average molecular weight is 590 g/mol. The third-order valence-electron chi connectivity index (χ3n) is 5.55. The van der Waals surface area contributed by atoms with E-state index >= 15 is 0 Å².